The van der Waals surface area contributed by atoms with Crippen LogP contribution in [0.1, 0.15) is 46.1 Å². The van der Waals surface area contributed by atoms with Crippen molar-refractivity contribution < 1.29 is 57.1 Å². The summed E-state index contributed by atoms with van der Waals surface area (Å²) >= 11 is 1.93. The van der Waals surface area contributed by atoms with Crippen LogP contribution in [0, 0.1) is 9.85 Å². The van der Waals surface area contributed by atoms with E-state index in [1.165, 1.54) is 13.8 Å². The van der Waals surface area contributed by atoms with Gasteiger partial charge in [0, 0.05) is 56.7 Å². The van der Waals surface area contributed by atoms with Crippen LogP contribution in [0.3, 0.4) is 0 Å². The number of rotatable bonds is 14. The van der Waals surface area contributed by atoms with Crippen LogP contribution >= 0.6 is 22.6 Å². The Morgan fingerprint density at radius 1 is 0.902 bits per heavy atom. The minimum absolute atomic E-state index is 0.113. The molecule has 226 valence electrons. The molecule has 0 N–H and O–H groups in total. The minimum Gasteiger partial charge on any atom is -0.497 e. The Morgan fingerprint density at radius 2 is 1.51 bits per heavy atom. The molecular weight excluding hydrogens is 655 g/mol. The minimum atomic E-state index is -1.32. The van der Waals surface area contributed by atoms with Crippen LogP contribution in [0.25, 0.3) is 0 Å². The predicted molar refractivity (Wildman–Crippen MR) is 151 cm³/mol. The molecule has 0 amide bonds. The topological polar surface area (TPSA) is 142 Å². The third-order valence-electron chi connectivity index (χ3n) is 5.66. The average Bonchev–Trinajstić information content (AvgIpc) is 2.90. The summed E-state index contributed by atoms with van der Waals surface area (Å²) in [6.07, 6.45) is -6.06. The molecule has 1 unspecified atom stereocenters. The molecule has 1 aromatic carbocycles. The lowest BCUT2D eigenvalue weighted by Gasteiger charge is -2.44. The number of benzene rings is 1. The normalized spacial score (nSPS) is 22.3. The zero-order valence-corrected chi connectivity index (χ0v) is 25.7. The summed E-state index contributed by atoms with van der Waals surface area (Å²) in [4.78, 5) is 47.6. The molecule has 1 saturated heterocycles. The first-order chi connectivity index (χ1) is 19.5. The van der Waals surface area contributed by atoms with Crippen LogP contribution in [0.4, 0.5) is 0 Å². The third kappa shape index (κ3) is 12.2. The van der Waals surface area contributed by atoms with Crippen molar-refractivity contribution in [3.63, 3.8) is 0 Å². The van der Waals surface area contributed by atoms with Gasteiger partial charge < -0.3 is 37.9 Å². The van der Waals surface area contributed by atoms with E-state index in [2.05, 4.69) is 9.85 Å². The highest BCUT2D eigenvalue weighted by Gasteiger charge is 2.53. The van der Waals surface area contributed by atoms with Gasteiger partial charge in [0.05, 0.1) is 26.4 Å². The Hall–Kier alpha value is -2.93. The lowest BCUT2D eigenvalue weighted by molar-refractivity contribution is -0.319. The highest BCUT2D eigenvalue weighted by Crippen LogP contribution is 2.31. The number of hydrogen-bond donors (Lipinski definition) is 0. The van der Waals surface area contributed by atoms with E-state index < -0.39 is 60.7 Å². The first-order valence-electron chi connectivity index (χ1n) is 12.8. The fraction of sp³-hybridized carbons (Fsp3) is 0.571. The number of carbonyl (C=O) groups excluding carboxylic acids is 4. The Labute approximate surface area is 252 Å². The molecule has 0 aromatic heterocycles. The lowest BCUT2D eigenvalue weighted by Crippen LogP contribution is -2.63. The van der Waals surface area contributed by atoms with E-state index in [1.54, 1.807) is 7.11 Å². The SMILES string of the molecule is COc1ccc(COC[C@H](CCC#CI)OC2O[C@H](COC(C)=O)[C@@H](OC(C)=O)[C@H](OC(C)=O)[C@H]2OC(C)=O)cc1. The van der Waals surface area contributed by atoms with Crippen molar-refractivity contribution in [1.29, 1.82) is 0 Å². The van der Waals surface area contributed by atoms with Crippen molar-refractivity contribution in [2.75, 3.05) is 20.3 Å². The van der Waals surface area contributed by atoms with E-state index in [0.717, 1.165) is 25.2 Å². The number of ether oxygens (including phenoxy) is 8. The molecule has 0 saturated carbocycles. The Morgan fingerprint density at radius 3 is 2.07 bits per heavy atom. The van der Waals surface area contributed by atoms with Gasteiger partial charge in [-0.3, -0.25) is 19.2 Å². The van der Waals surface area contributed by atoms with E-state index in [1.807, 2.05) is 46.9 Å². The van der Waals surface area contributed by atoms with E-state index >= 15 is 0 Å². The second kappa shape index (κ2) is 17.8. The highest BCUT2D eigenvalue weighted by molar-refractivity contribution is 14.1. The van der Waals surface area contributed by atoms with Gasteiger partial charge >= 0.3 is 23.9 Å². The van der Waals surface area contributed by atoms with E-state index in [9.17, 15) is 19.2 Å². The maximum Gasteiger partial charge on any atom is 0.303 e. The van der Waals surface area contributed by atoms with Crippen molar-refractivity contribution in [2.45, 2.75) is 84.0 Å². The Bertz CT molecular complexity index is 1080. The fourth-order valence-corrected chi connectivity index (χ4v) is 4.26. The van der Waals surface area contributed by atoms with Crippen molar-refractivity contribution >= 4 is 46.5 Å². The van der Waals surface area contributed by atoms with Gasteiger partial charge in [-0.05, 0) is 28.0 Å². The van der Waals surface area contributed by atoms with Gasteiger partial charge in [0.25, 0.3) is 0 Å². The van der Waals surface area contributed by atoms with Gasteiger partial charge in [-0.25, -0.2) is 0 Å². The molecule has 1 aliphatic rings. The summed E-state index contributed by atoms with van der Waals surface area (Å²) in [5.41, 5.74) is 0.906. The summed E-state index contributed by atoms with van der Waals surface area (Å²) in [6.45, 7) is 4.72. The maximum absolute atomic E-state index is 12.1. The summed E-state index contributed by atoms with van der Waals surface area (Å²) in [5.74, 6) is 0.910. The molecule has 1 aliphatic heterocycles. The molecule has 1 heterocycles. The number of halogens is 1. The van der Waals surface area contributed by atoms with Crippen molar-refractivity contribution in [3.8, 4) is 15.6 Å². The molecule has 0 radical (unpaired) electrons. The largest absolute Gasteiger partial charge is 0.497 e. The van der Waals surface area contributed by atoms with E-state index in [-0.39, 0.29) is 19.8 Å². The fourth-order valence-electron chi connectivity index (χ4n) is 3.99. The molecule has 2 rings (SSSR count). The van der Waals surface area contributed by atoms with Crippen LogP contribution in [0.15, 0.2) is 24.3 Å². The average molecular weight is 690 g/mol. The third-order valence-corrected chi connectivity index (χ3v) is 6.05. The monoisotopic (exact) mass is 690 g/mol. The van der Waals surface area contributed by atoms with Crippen LogP contribution in [0.2, 0.25) is 0 Å². The van der Waals surface area contributed by atoms with Crippen molar-refractivity contribution in [3.05, 3.63) is 29.8 Å². The second-order valence-electron chi connectivity index (χ2n) is 9.00. The maximum atomic E-state index is 12.1. The van der Waals surface area contributed by atoms with Gasteiger partial charge in [0.2, 0.25) is 0 Å². The van der Waals surface area contributed by atoms with Gasteiger partial charge in [0.1, 0.15) is 18.5 Å². The zero-order valence-electron chi connectivity index (χ0n) is 23.6. The van der Waals surface area contributed by atoms with Gasteiger partial charge in [-0.15, -0.1) is 0 Å². The molecule has 1 aromatic rings. The summed E-state index contributed by atoms with van der Waals surface area (Å²) in [6, 6.07) is 7.38. The van der Waals surface area contributed by atoms with Crippen LogP contribution in [-0.2, 0) is 58.9 Å². The summed E-state index contributed by atoms with van der Waals surface area (Å²) in [7, 11) is 1.58. The Kier molecular flexibility index (Phi) is 14.9. The molecule has 1 fully saturated rings. The van der Waals surface area contributed by atoms with E-state index in [4.69, 9.17) is 37.9 Å². The van der Waals surface area contributed by atoms with Crippen LogP contribution < -0.4 is 4.74 Å². The molecule has 0 bridgehead atoms. The molecule has 12 nitrogen and oxygen atoms in total. The highest BCUT2D eigenvalue weighted by atomic mass is 127. The molecule has 41 heavy (non-hydrogen) atoms. The second-order valence-corrected chi connectivity index (χ2v) is 9.54. The molecule has 0 spiro atoms. The van der Waals surface area contributed by atoms with Crippen LogP contribution in [0.5, 0.6) is 5.75 Å². The summed E-state index contributed by atoms with van der Waals surface area (Å²) < 4.78 is 47.6. The lowest BCUT2D eigenvalue weighted by atomic mass is 9.98. The molecule has 13 heteroatoms. The predicted octanol–water partition coefficient (Wildman–Crippen LogP) is 2.86. The number of hydrogen-bond acceptors (Lipinski definition) is 12. The first-order valence-corrected chi connectivity index (χ1v) is 13.9. The quantitative estimate of drug-likeness (QED) is 0.123. The number of methoxy groups -OCH3 is 1. The number of esters is 4. The summed E-state index contributed by atoms with van der Waals surface area (Å²) in [5, 5.41) is 0. The van der Waals surface area contributed by atoms with Gasteiger partial charge in [0.15, 0.2) is 24.6 Å². The zero-order chi connectivity index (χ0) is 30.4. The van der Waals surface area contributed by atoms with Gasteiger partial charge in [-0.1, -0.05) is 18.1 Å². The van der Waals surface area contributed by atoms with Gasteiger partial charge in [-0.2, -0.15) is 0 Å². The van der Waals surface area contributed by atoms with Crippen molar-refractivity contribution in [1.82, 2.24) is 0 Å². The number of carbonyl (C=O) groups is 4. The smallest absolute Gasteiger partial charge is 0.303 e. The molecule has 6 atom stereocenters. The Balaban J connectivity index is 2.33. The van der Waals surface area contributed by atoms with Crippen molar-refractivity contribution in [2.24, 2.45) is 0 Å². The molecule has 0 aliphatic carbocycles. The first kappa shape index (κ1) is 34.3. The van der Waals surface area contributed by atoms with E-state index in [0.29, 0.717) is 12.8 Å². The standard InChI is InChI=1S/C28H35IO12/c1-17(30)36-16-24-25(37-18(2)31)26(38-19(3)32)27(39-20(4)33)28(41-24)40-23(8-6-7-13-29)15-35-14-21-9-11-22(34-5)12-10-21/h9-12,23-28H,6,8,14-16H2,1-5H3/t23-,24+,25+,26-,27+,28?/m0/s1. The van der Waals surface area contributed by atoms with Crippen LogP contribution in [-0.4, -0.2) is 81.0 Å². The molecular formula is C28H35IO12.